The fourth-order valence-electron chi connectivity index (χ4n) is 2.78. The molecule has 0 atom stereocenters. The highest BCUT2D eigenvalue weighted by atomic mass is 16.5. The third-order valence-corrected chi connectivity index (χ3v) is 4.29. The Morgan fingerprint density at radius 3 is 2.78 bits per heavy atom. The van der Waals surface area contributed by atoms with Crippen LogP contribution < -0.4 is 10.1 Å². The van der Waals surface area contributed by atoms with Gasteiger partial charge in [-0.15, -0.1) is 0 Å². The molecule has 1 aromatic carbocycles. The SMILES string of the molecule is CCn1nc(C(C)C)cc1C(=O)NCc1cc(-c2ccccc2OC)no1. The number of methoxy groups -OCH3 is 1. The van der Waals surface area contributed by atoms with Gasteiger partial charge in [-0.2, -0.15) is 5.10 Å². The Kier molecular flexibility index (Phi) is 5.59. The lowest BCUT2D eigenvalue weighted by atomic mass is 10.1. The monoisotopic (exact) mass is 368 g/mol. The van der Waals surface area contributed by atoms with Crippen molar-refractivity contribution in [2.24, 2.45) is 0 Å². The average molecular weight is 368 g/mol. The van der Waals surface area contributed by atoms with E-state index in [1.54, 1.807) is 17.9 Å². The molecule has 142 valence electrons. The van der Waals surface area contributed by atoms with Crippen LogP contribution in [0.2, 0.25) is 0 Å². The van der Waals surface area contributed by atoms with E-state index >= 15 is 0 Å². The van der Waals surface area contributed by atoms with Gasteiger partial charge in [-0.3, -0.25) is 9.48 Å². The molecule has 1 N–H and O–H groups in total. The van der Waals surface area contributed by atoms with Crippen molar-refractivity contribution in [3.63, 3.8) is 0 Å². The van der Waals surface area contributed by atoms with Gasteiger partial charge in [0.1, 0.15) is 17.1 Å². The van der Waals surface area contributed by atoms with Crippen LogP contribution in [0.15, 0.2) is 40.9 Å². The maximum Gasteiger partial charge on any atom is 0.269 e. The summed E-state index contributed by atoms with van der Waals surface area (Å²) >= 11 is 0. The lowest BCUT2D eigenvalue weighted by Crippen LogP contribution is -2.25. The van der Waals surface area contributed by atoms with E-state index in [0.29, 0.717) is 23.7 Å². The van der Waals surface area contributed by atoms with Crippen LogP contribution in [0.25, 0.3) is 11.3 Å². The number of ether oxygens (including phenoxy) is 1. The molecule has 27 heavy (non-hydrogen) atoms. The first-order valence-electron chi connectivity index (χ1n) is 8.98. The van der Waals surface area contributed by atoms with Crippen LogP contribution in [-0.2, 0) is 13.1 Å². The molecule has 0 aliphatic rings. The minimum Gasteiger partial charge on any atom is -0.496 e. The molecule has 0 fully saturated rings. The van der Waals surface area contributed by atoms with Gasteiger partial charge < -0.3 is 14.6 Å². The van der Waals surface area contributed by atoms with Gasteiger partial charge in [0.25, 0.3) is 5.91 Å². The number of carbonyl (C=O) groups excluding carboxylic acids is 1. The predicted octanol–water partition coefficient (Wildman–Crippen LogP) is 3.62. The van der Waals surface area contributed by atoms with Crippen molar-refractivity contribution < 1.29 is 14.1 Å². The topological polar surface area (TPSA) is 82.2 Å². The van der Waals surface area contributed by atoms with Gasteiger partial charge in [0.05, 0.1) is 19.3 Å². The highest BCUT2D eigenvalue weighted by molar-refractivity contribution is 5.92. The quantitative estimate of drug-likeness (QED) is 0.689. The summed E-state index contributed by atoms with van der Waals surface area (Å²) in [6.45, 7) is 6.95. The van der Waals surface area contributed by atoms with Crippen LogP contribution in [0, 0.1) is 0 Å². The summed E-state index contributed by atoms with van der Waals surface area (Å²) in [6.07, 6.45) is 0. The first-order chi connectivity index (χ1) is 13.0. The van der Waals surface area contributed by atoms with E-state index in [1.165, 1.54) is 0 Å². The van der Waals surface area contributed by atoms with E-state index in [4.69, 9.17) is 9.26 Å². The number of nitrogens with one attached hydrogen (secondary N) is 1. The maximum atomic E-state index is 12.6. The Balaban J connectivity index is 1.71. The summed E-state index contributed by atoms with van der Waals surface area (Å²) in [5.41, 5.74) is 2.95. The molecule has 0 spiro atoms. The van der Waals surface area contributed by atoms with Crippen molar-refractivity contribution in [1.29, 1.82) is 0 Å². The van der Waals surface area contributed by atoms with Crippen LogP contribution in [-0.4, -0.2) is 28.0 Å². The summed E-state index contributed by atoms with van der Waals surface area (Å²) in [5.74, 6) is 1.36. The van der Waals surface area contributed by atoms with Gasteiger partial charge in [0.2, 0.25) is 0 Å². The molecular formula is C20H24N4O3. The molecule has 0 aliphatic heterocycles. The normalized spacial score (nSPS) is 11.0. The fourth-order valence-corrected chi connectivity index (χ4v) is 2.78. The average Bonchev–Trinajstić information content (AvgIpc) is 3.33. The van der Waals surface area contributed by atoms with Crippen LogP contribution in [0.5, 0.6) is 5.75 Å². The minimum absolute atomic E-state index is 0.188. The number of nitrogens with zero attached hydrogens (tertiary/aromatic N) is 3. The summed E-state index contributed by atoms with van der Waals surface area (Å²) in [7, 11) is 1.61. The summed E-state index contributed by atoms with van der Waals surface area (Å²) in [4.78, 5) is 12.6. The molecule has 7 heteroatoms. The molecular weight excluding hydrogens is 344 g/mol. The van der Waals surface area contributed by atoms with Crippen molar-refractivity contribution in [3.05, 3.63) is 53.5 Å². The van der Waals surface area contributed by atoms with Crippen LogP contribution in [0.1, 0.15) is 48.6 Å². The zero-order valence-corrected chi connectivity index (χ0v) is 16.0. The number of hydrogen-bond acceptors (Lipinski definition) is 5. The number of para-hydroxylation sites is 1. The minimum atomic E-state index is -0.188. The second-order valence-corrected chi connectivity index (χ2v) is 6.49. The molecule has 0 saturated carbocycles. The Bertz CT molecular complexity index is 927. The third kappa shape index (κ3) is 4.02. The molecule has 3 aromatic rings. The Morgan fingerprint density at radius 2 is 2.07 bits per heavy atom. The van der Waals surface area contributed by atoms with Gasteiger partial charge in [0.15, 0.2) is 5.76 Å². The van der Waals surface area contributed by atoms with E-state index in [-0.39, 0.29) is 18.4 Å². The molecule has 0 bridgehead atoms. The molecule has 2 aromatic heterocycles. The smallest absolute Gasteiger partial charge is 0.269 e. The Morgan fingerprint density at radius 1 is 1.30 bits per heavy atom. The van der Waals surface area contributed by atoms with Gasteiger partial charge >= 0.3 is 0 Å². The lowest BCUT2D eigenvalue weighted by molar-refractivity contribution is 0.0936. The first kappa shape index (κ1) is 18.7. The summed E-state index contributed by atoms with van der Waals surface area (Å²) < 4.78 is 12.4. The van der Waals surface area contributed by atoms with Gasteiger partial charge in [-0.1, -0.05) is 31.1 Å². The number of benzene rings is 1. The lowest BCUT2D eigenvalue weighted by Gasteiger charge is -2.05. The second-order valence-electron chi connectivity index (χ2n) is 6.49. The van der Waals surface area contributed by atoms with E-state index in [1.807, 2.05) is 37.3 Å². The van der Waals surface area contributed by atoms with Crippen LogP contribution in [0.3, 0.4) is 0 Å². The number of aryl methyl sites for hydroxylation is 1. The second kappa shape index (κ2) is 8.07. The number of aromatic nitrogens is 3. The van der Waals surface area contributed by atoms with Gasteiger partial charge in [-0.25, -0.2) is 0 Å². The standard InChI is InChI=1S/C20H24N4O3/c1-5-24-18(11-16(22-24)13(2)3)20(25)21-12-14-10-17(23-27-14)15-8-6-7-9-19(15)26-4/h6-11,13H,5,12H2,1-4H3,(H,21,25). The highest BCUT2D eigenvalue weighted by Gasteiger charge is 2.17. The van der Waals surface area contributed by atoms with Crippen molar-refractivity contribution in [2.75, 3.05) is 7.11 Å². The van der Waals surface area contributed by atoms with E-state index in [0.717, 1.165) is 17.0 Å². The molecule has 0 aliphatic carbocycles. The van der Waals surface area contributed by atoms with E-state index in [2.05, 4.69) is 29.4 Å². The number of amides is 1. The van der Waals surface area contributed by atoms with Gasteiger partial charge in [0, 0.05) is 18.2 Å². The van der Waals surface area contributed by atoms with Crippen LogP contribution >= 0.6 is 0 Å². The van der Waals surface area contributed by atoms with Crippen LogP contribution in [0.4, 0.5) is 0 Å². The fraction of sp³-hybridized carbons (Fsp3) is 0.350. The number of carbonyl (C=O) groups is 1. The third-order valence-electron chi connectivity index (χ3n) is 4.29. The number of rotatable bonds is 7. The van der Waals surface area contributed by atoms with Crippen molar-refractivity contribution in [2.45, 2.75) is 39.8 Å². The van der Waals surface area contributed by atoms with E-state index < -0.39 is 0 Å². The molecule has 0 saturated heterocycles. The Labute approximate surface area is 158 Å². The zero-order chi connectivity index (χ0) is 19.4. The predicted molar refractivity (Wildman–Crippen MR) is 102 cm³/mol. The van der Waals surface area contributed by atoms with E-state index in [9.17, 15) is 4.79 Å². The molecule has 0 unspecified atom stereocenters. The van der Waals surface area contributed by atoms with Crippen molar-refractivity contribution in [3.8, 4) is 17.0 Å². The molecule has 7 nitrogen and oxygen atoms in total. The molecule has 0 radical (unpaired) electrons. The molecule has 2 heterocycles. The highest BCUT2D eigenvalue weighted by Crippen LogP contribution is 2.29. The summed E-state index contributed by atoms with van der Waals surface area (Å²) in [6, 6.07) is 11.2. The number of hydrogen-bond donors (Lipinski definition) is 1. The Hall–Kier alpha value is -3.09. The molecule has 3 rings (SSSR count). The summed E-state index contributed by atoms with van der Waals surface area (Å²) in [5, 5.41) is 11.4. The maximum absolute atomic E-state index is 12.6. The molecule has 1 amide bonds. The first-order valence-corrected chi connectivity index (χ1v) is 8.98. The zero-order valence-electron chi connectivity index (χ0n) is 16.0. The van der Waals surface area contributed by atoms with Crippen molar-refractivity contribution >= 4 is 5.91 Å². The largest absolute Gasteiger partial charge is 0.496 e. The van der Waals surface area contributed by atoms with Gasteiger partial charge in [-0.05, 0) is 31.0 Å². The van der Waals surface area contributed by atoms with Crippen molar-refractivity contribution in [1.82, 2.24) is 20.3 Å².